The third-order valence-electron chi connectivity index (χ3n) is 3.89. The highest BCUT2D eigenvalue weighted by Crippen LogP contribution is 2.19. The zero-order valence-corrected chi connectivity index (χ0v) is 13.4. The lowest BCUT2D eigenvalue weighted by Gasteiger charge is -2.29. The second kappa shape index (κ2) is 7.27. The van der Waals surface area contributed by atoms with Crippen molar-refractivity contribution in [3.8, 4) is 5.75 Å². The van der Waals surface area contributed by atoms with Gasteiger partial charge in [0, 0.05) is 31.7 Å². The van der Waals surface area contributed by atoms with Crippen molar-refractivity contribution < 1.29 is 13.9 Å². The van der Waals surface area contributed by atoms with Gasteiger partial charge in [-0.3, -0.25) is 4.79 Å². The van der Waals surface area contributed by atoms with E-state index >= 15 is 0 Å². The molecule has 6 nitrogen and oxygen atoms in total. The molecule has 1 aromatic heterocycles. The fraction of sp³-hybridized carbons (Fsp3) is 0.294. The Bertz CT molecular complexity index is 715. The molecular weight excluding hydrogens is 311 g/mol. The van der Waals surface area contributed by atoms with E-state index in [1.165, 1.54) is 19.2 Å². The van der Waals surface area contributed by atoms with Gasteiger partial charge in [-0.2, -0.15) is 0 Å². The summed E-state index contributed by atoms with van der Waals surface area (Å²) in [5.74, 6) is -0.466. The van der Waals surface area contributed by atoms with Crippen LogP contribution in [0.3, 0.4) is 0 Å². The predicted octanol–water partition coefficient (Wildman–Crippen LogP) is 1.89. The Morgan fingerprint density at radius 1 is 1.29 bits per heavy atom. The highest BCUT2D eigenvalue weighted by Gasteiger charge is 2.13. The first-order valence-electron chi connectivity index (χ1n) is 7.74. The standard InChI is InChI=1S/C17H19FN4O2/c1-24-15-4-2-12(10-14(15)18)17(23)21-16-5-3-13(11-20-16)22-8-6-19-7-9-22/h2-5,10-11,19H,6-9H2,1H3,(H,20,21,23). The summed E-state index contributed by atoms with van der Waals surface area (Å²) in [7, 11) is 1.38. The van der Waals surface area contributed by atoms with Crippen LogP contribution in [0.25, 0.3) is 0 Å². The van der Waals surface area contributed by atoms with Gasteiger partial charge >= 0.3 is 0 Å². The molecule has 126 valence electrons. The van der Waals surface area contributed by atoms with Crippen LogP contribution in [0.15, 0.2) is 36.5 Å². The van der Waals surface area contributed by atoms with Gasteiger partial charge in [0.25, 0.3) is 5.91 Å². The maximum absolute atomic E-state index is 13.7. The highest BCUT2D eigenvalue weighted by molar-refractivity contribution is 6.03. The first-order chi connectivity index (χ1) is 11.7. The van der Waals surface area contributed by atoms with E-state index < -0.39 is 11.7 Å². The number of pyridine rings is 1. The minimum atomic E-state index is -0.577. The Morgan fingerprint density at radius 2 is 2.08 bits per heavy atom. The van der Waals surface area contributed by atoms with Crippen molar-refractivity contribution in [3.05, 3.63) is 47.9 Å². The van der Waals surface area contributed by atoms with E-state index in [1.54, 1.807) is 12.3 Å². The molecule has 0 bridgehead atoms. The Balaban J connectivity index is 1.67. The van der Waals surface area contributed by atoms with Crippen LogP contribution < -0.4 is 20.3 Å². The Morgan fingerprint density at radius 3 is 2.71 bits per heavy atom. The van der Waals surface area contributed by atoms with Crippen LogP contribution in [0, 0.1) is 5.82 Å². The Kier molecular flexibility index (Phi) is 4.90. The monoisotopic (exact) mass is 330 g/mol. The molecule has 3 rings (SSSR count). The lowest BCUT2D eigenvalue weighted by atomic mass is 10.2. The number of hydrogen-bond acceptors (Lipinski definition) is 5. The Labute approximate surface area is 139 Å². The molecule has 1 fully saturated rings. The van der Waals surface area contributed by atoms with Crippen LogP contribution in [-0.2, 0) is 0 Å². The lowest BCUT2D eigenvalue weighted by Crippen LogP contribution is -2.43. The van der Waals surface area contributed by atoms with Gasteiger partial charge in [0.1, 0.15) is 5.82 Å². The average Bonchev–Trinajstić information content (AvgIpc) is 2.63. The van der Waals surface area contributed by atoms with Crippen molar-refractivity contribution >= 4 is 17.4 Å². The summed E-state index contributed by atoms with van der Waals surface area (Å²) in [6.45, 7) is 3.75. The van der Waals surface area contributed by atoms with E-state index in [0.29, 0.717) is 5.82 Å². The molecule has 1 aliphatic rings. The summed E-state index contributed by atoms with van der Waals surface area (Å²) in [5, 5.41) is 5.96. The molecule has 0 unspecified atom stereocenters. The summed E-state index contributed by atoms with van der Waals surface area (Å²) >= 11 is 0. The van der Waals surface area contributed by atoms with E-state index in [4.69, 9.17) is 4.74 Å². The second-order valence-electron chi connectivity index (χ2n) is 5.44. The average molecular weight is 330 g/mol. The van der Waals surface area contributed by atoms with Gasteiger partial charge in [0.05, 0.1) is 19.0 Å². The molecule has 0 radical (unpaired) electrons. The normalized spacial score (nSPS) is 14.3. The quantitative estimate of drug-likeness (QED) is 0.896. The number of carbonyl (C=O) groups is 1. The third-order valence-corrected chi connectivity index (χ3v) is 3.89. The molecule has 2 heterocycles. The van der Waals surface area contributed by atoms with Crippen LogP contribution in [-0.4, -0.2) is 44.2 Å². The third kappa shape index (κ3) is 3.62. The molecule has 1 saturated heterocycles. The van der Waals surface area contributed by atoms with Crippen molar-refractivity contribution in [1.29, 1.82) is 0 Å². The zero-order chi connectivity index (χ0) is 16.9. The lowest BCUT2D eigenvalue weighted by molar-refractivity contribution is 0.102. The molecule has 1 aliphatic heterocycles. The van der Waals surface area contributed by atoms with Crippen LogP contribution >= 0.6 is 0 Å². The molecule has 0 aliphatic carbocycles. The van der Waals surface area contributed by atoms with Gasteiger partial charge in [0.2, 0.25) is 0 Å². The second-order valence-corrected chi connectivity index (χ2v) is 5.44. The largest absolute Gasteiger partial charge is 0.494 e. The van der Waals surface area contributed by atoms with Gasteiger partial charge in [0.15, 0.2) is 11.6 Å². The number of hydrogen-bond donors (Lipinski definition) is 2. The van der Waals surface area contributed by atoms with Crippen molar-refractivity contribution in [2.75, 3.05) is 43.5 Å². The molecule has 2 N–H and O–H groups in total. The van der Waals surface area contributed by atoms with Gasteiger partial charge in [-0.05, 0) is 30.3 Å². The summed E-state index contributed by atoms with van der Waals surface area (Å²) in [5.41, 5.74) is 1.23. The molecule has 24 heavy (non-hydrogen) atoms. The van der Waals surface area contributed by atoms with Crippen molar-refractivity contribution in [3.63, 3.8) is 0 Å². The minimum absolute atomic E-state index is 0.102. The number of aromatic nitrogens is 1. The number of ether oxygens (including phenoxy) is 1. The molecular formula is C17H19FN4O2. The number of piperazine rings is 1. The number of benzene rings is 1. The van der Waals surface area contributed by atoms with Crippen LogP contribution in [0.4, 0.5) is 15.9 Å². The molecule has 2 aromatic rings. The number of carbonyl (C=O) groups excluding carboxylic acids is 1. The first-order valence-corrected chi connectivity index (χ1v) is 7.74. The van der Waals surface area contributed by atoms with E-state index in [-0.39, 0.29) is 11.3 Å². The summed E-state index contributed by atoms with van der Waals surface area (Å²) in [4.78, 5) is 18.7. The van der Waals surface area contributed by atoms with Gasteiger partial charge < -0.3 is 20.3 Å². The molecule has 1 amide bonds. The van der Waals surface area contributed by atoms with E-state index in [2.05, 4.69) is 20.5 Å². The van der Waals surface area contributed by atoms with E-state index in [0.717, 1.165) is 37.9 Å². The number of halogens is 1. The van der Waals surface area contributed by atoms with Gasteiger partial charge in [-0.1, -0.05) is 0 Å². The van der Waals surface area contributed by atoms with Crippen molar-refractivity contribution in [1.82, 2.24) is 10.3 Å². The number of methoxy groups -OCH3 is 1. The van der Waals surface area contributed by atoms with Crippen LogP contribution in [0.5, 0.6) is 5.75 Å². The summed E-state index contributed by atoms with van der Waals surface area (Å²) in [6.07, 6.45) is 1.73. The maximum Gasteiger partial charge on any atom is 0.256 e. The highest BCUT2D eigenvalue weighted by atomic mass is 19.1. The number of amides is 1. The maximum atomic E-state index is 13.7. The number of rotatable bonds is 4. The fourth-order valence-electron chi connectivity index (χ4n) is 2.57. The van der Waals surface area contributed by atoms with Gasteiger partial charge in [-0.25, -0.2) is 9.37 Å². The summed E-state index contributed by atoms with van der Waals surface area (Å²) in [6, 6.07) is 7.73. The van der Waals surface area contributed by atoms with E-state index in [1.807, 2.05) is 6.07 Å². The molecule has 0 spiro atoms. The minimum Gasteiger partial charge on any atom is -0.494 e. The number of nitrogens with zero attached hydrogens (tertiary/aromatic N) is 2. The Hall–Kier alpha value is -2.67. The predicted molar refractivity (Wildman–Crippen MR) is 90.2 cm³/mol. The topological polar surface area (TPSA) is 66.5 Å². The molecule has 0 saturated carbocycles. The summed E-state index contributed by atoms with van der Waals surface area (Å²) < 4.78 is 18.5. The number of nitrogens with one attached hydrogen (secondary N) is 2. The van der Waals surface area contributed by atoms with Crippen LogP contribution in [0.1, 0.15) is 10.4 Å². The zero-order valence-electron chi connectivity index (χ0n) is 13.4. The van der Waals surface area contributed by atoms with Crippen molar-refractivity contribution in [2.24, 2.45) is 0 Å². The number of anilines is 2. The molecule has 0 atom stereocenters. The van der Waals surface area contributed by atoms with Gasteiger partial charge in [-0.15, -0.1) is 0 Å². The van der Waals surface area contributed by atoms with E-state index in [9.17, 15) is 9.18 Å². The molecule has 1 aromatic carbocycles. The van der Waals surface area contributed by atoms with Crippen LogP contribution in [0.2, 0.25) is 0 Å². The first kappa shape index (κ1) is 16.2. The SMILES string of the molecule is COc1ccc(C(=O)Nc2ccc(N3CCNCC3)cn2)cc1F. The smallest absolute Gasteiger partial charge is 0.256 e. The fourth-order valence-corrected chi connectivity index (χ4v) is 2.57. The molecule has 7 heteroatoms. The van der Waals surface area contributed by atoms with Crippen molar-refractivity contribution in [2.45, 2.75) is 0 Å².